The number of nitrogens with two attached hydrogens (primary N) is 1. The molecule has 0 bridgehead atoms. The highest BCUT2D eigenvalue weighted by Gasteiger charge is 2.30. The van der Waals surface area contributed by atoms with E-state index in [4.69, 9.17) is 75.8 Å². The molecule has 5 atom stereocenters. The Balaban J connectivity index is 0.000000166. The molecule has 0 saturated carbocycles. The fraction of sp³-hybridized carbons (Fsp3) is 0.395. The molecule has 5 aliphatic rings. The van der Waals surface area contributed by atoms with E-state index in [0.717, 1.165) is 107 Å². The van der Waals surface area contributed by atoms with Crippen molar-refractivity contribution < 1.29 is 23.7 Å². The zero-order chi connectivity index (χ0) is 62.3. The molecule has 10 nitrogen and oxygen atoms in total. The van der Waals surface area contributed by atoms with Crippen LogP contribution in [0.5, 0.6) is 0 Å². The third kappa shape index (κ3) is 17.0. The summed E-state index contributed by atoms with van der Waals surface area (Å²) in [6.07, 6.45) is 5.75. The van der Waals surface area contributed by atoms with Gasteiger partial charge in [0.25, 0.3) is 0 Å². The lowest BCUT2D eigenvalue weighted by molar-refractivity contribution is 0.0462. The van der Waals surface area contributed by atoms with Crippen molar-refractivity contribution in [2.24, 2.45) is 5.73 Å². The lowest BCUT2D eigenvalue weighted by atomic mass is 9.99. The van der Waals surface area contributed by atoms with E-state index in [1.807, 2.05) is 79.4 Å². The van der Waals surface area contributed by atoms with E-state index >= 15 is 0 Å². The predicted octanol–water partition coefficient (Wildman–Crippen LogP) is 21.3. The molecule has 11 aromatic rings. The monoisotopic (exact) mass is 1460 g/mol. The maximum absolute atomic E-state index is 6.35. The minimum Gasteiger partial charge on any atom is -0.371 e. The van der Waals surface area contributed by atoms with Crippen molar-refractivity contribution in [2.75, 3.05) is 93.4 Å². The Labute approximate surface area is 604 Å². The summed E-state index contributed by atoms with van der Waals surface area (Å²) < 4.78 is 35.6. The highest BCUT2D eigenvalue weighted by molar-refractivity contribution is 7.21. The van der Waals surface area contributed by atoms with Crippen LogP contribution in [-0.2, 0) is 55.8 Å². The molecule has 6 aromatic carbocycles. The van der Waals surface area contributed by atoms with Crippen LogP contribution in [0.4, 0.5) is 0 Å². The van der Waals surface area contributed by atoms with Gasteiger partial charge in [-0.05, 0) is 163 Å². The molecule has 0 spiro atoms. The summed E-state index contributed by atoms with van der Waals surface area (Å²) in [6, 6.07) is 42.6. The first-order chi connectivity index (χ1) is 44.1. The van der Waals surface area contributed by atoms with Gasteiger partial charge in [-0.1, -0.05) is 163 Å². The largest absolute Gasteiger partial charge is 0.371 e. The quantitative estimate of drug-likeness (QED) is 0.0856. The maximum Gasteiger partial charge on any atom is 0.104 e. The molecule has 95 heavy (non-hydrogen) atoms. The number of rotatable bonds is 11. The lowest BCUT2D eigenvalue weighted by Gasteiger charge is -2.23. The van der Waals surface area contributed by atoms with E-state index in [-0.39, 0.29) is 67.7 Å². The second-order valence-corrected chi connectivity index (χ2v) is 29.5. The van der Waals surface area contributed by atoms with Crippen LogP contribution in [0.15, 0.2) is 121 Å². The second-order valence-electron chi connectivity index (χ2n) is 22.5. The standard InChI is InChI=1S/C19H19NOS.C14H17NOS.C13H13Cl2NOS.C13H15NOS.C12H11Cl2NOS.5CH4/c1-20-12-17-19-15(9-10-21-17)16-11-14(7-8-18(16)22-19)13-5-3-2-4-6-13;1-2-15-9-12-14-11(7-8-16-12)10-5-3-4-6-13(10)17-14;1-16-6-9-13-7(4-5-17-9)11-10(18-13)3-2-8(14)12(11)15;1-14-8-11-13-10(6-7-15-11)9-4-2-3-5-12(9)16-13;13-7-1-2-9-10(11(7)14)6-3-4-16-8(5-15)12(6)17-9;;;;;/h2-8,11,17,20H,9-10,12H2,1H3;3-6,12,15H,2,7-9H2,1H3;2-3,9,16H,4-6H2,1H3;2-5,11,14H,6-8H2,1H3;1-2,8H,3-5,15H2;5*1H4. The number of likely N-dealkylation sites (N-methyl/N-ethyl adjacent to an activating group) is 4. The van der Waals surface area contributed by atoms with Gasteiger partial charge >= 0.3 is 0 Å². The van der Waals surface area contributed by atoms with Gasteiger partial charge in [-0.15, -0.1) is 56.7 Å². The average Bonchev–Trinajstić information content (AvgIpc) is 1.66. The Morgan fingerprint density at radius 1 is 0.389 bits per heavy atom. The third-order valence-corrected chi connectivity index (χ3v) is 25.0. The number of hydrogen-bond acceptors (Lipinski definition) is 15. The number of hydrogen-bond donors (Lipinski definition) is 5. The normalized spacial score (nSPS) is 18.1. The van der Waals surface area contributed by atoms with E-state index in [0.29, 0.717) is 33.2 Å². The van der Waals surface area contributed by atoms with Crippen molar-refractivity contribution in [1.29, 1.82) is 0 Å². The summed E-state index contributed by atoms with van der Waals surface area (Å²) in [5, 5.41) is 22.0. The van der Waals surface area contributed by atoms with Crippen molar-refractivity contribution in [1.82, 2.24) is 21.3 Å². The molecule has 5 aromatic heterocycles. The van der Waals surface area contributed by atoms with Crippen molar-refractivity contribution in [3.8, 4) is 11.1 Å². The first kappa shape index (κ1) is 78.2. The average molecular weight is 1460 g/mol. The SMILES string of the molecule is C.C.C.C.C.CCNCC1OCCc2c1sc1ccccc21.CNCC1OCCc2c1sc1ccc(-c3ccccc3)cc21.CNCC1OCCc2c1sc1ccc(Cl)c(Cl)c21.CNCC1OCCc2c1sc1ccccc21.NCC1OCCc2c1sc1ccc(Cl)c(Cl)c21. The third-order valence-electron chi connectivity index (χ3n) is 16.9. The zero-order valence-corrected chi connectivity index (χ0v) is 58.0. The Morgan fingerprint density at radius 3 is 1.17 bits per heavy atom. The molecule has 6 N–H and O–H groups in total. The fourth-order valence-electron chi connectivity index (χ4n) is 12.7. The minimum absolute atomic E-state index is 0. The Morgan fingerprint density at radius 2 is 0.737 bits per heavy atom. The van der Waals surface area contributed by atoms with Crippen LogP contribution in [-0.4, -0.2) is 93.4 Å². The van der Waals surface area contributed by atoms with Crippen LogP contribution in [0.1, 0.15) is 127 Å². The van der Waals surface area contributed by atoms with Crippen molar-refractivity contribution >= 4 is 154 Å². The van der Waals surface area contributed by atoms with E-state index in [2.05, 4.69) is 125 Å². The van der Waals surface area contributed by atoms with Crippen LogP contribution in [0, 0.1) is 0 Å². The molecule has 512 valence electrons. The second kappa shape index (κ2) is 36.8. The first-order valence-electron chi connectivity index (χ1n) is 30.9. The van der Waals surface area contributed by atoms with E-state index in [9.17, 15) is 0 Å². The van der Waals surface area contributed by atoms with Gasteiger partial charge in [-0.3, -0.25) is 0 Å². The number of fused-ring (bicyclic) bond motifs is 15. The maximum atomic E-state index is 6.35. The highest BCUT2D eigenvalue weighted by atomic mass is 35.5. The van der Waals surface area contributed by atoms with Gasteiger partial charge in [0, 0.05) is 91.4 Å². The molecule has 0 radical (unpaired) electrons. The van der Waals surface area contributed by atoms with Gasteiger partial charge < -0.3 is 50.7 Å². The Hall–Kier alpha value is -4.12. The van der Waals surface area contributed by atoms with Gasteiger partial charge in [-0.25, -0.2) is 0 Å². The molecule has 5 aliphatic heterocycles. The Kier molecular flexibility index (Phi) is 30.3. The van der Waals surface area contributed by atoms with Crippen molar-refractivity contribution in [3.63, 3.8) is 0 Å². The van der Waals surface area contributed by atoms with Gasteiger partial charge in [0.2, 0.25) is 0 Å². The highest BCUT2D eigenvalue weighted by Crippen LogP contribution is 2.48. The molecule has 5 unspecified atom stereocenters. The molecular formula is C76H95Cl4N5O5S5. The zero-order valence-electron chi connectivity index (χ0n) is 50.9. The Bertz CT molecular complexity index is 4240. The van der Waals surface area contributed by atoms with Crippen LogP contribution < -0.4 is 27.0 Å². The summed E-state index contributed by atoms with van der Waals surface area (Å²) in [6.45, 7) is 11.1. The molecule has 10 heterocycles. The van der Waals surface area contributed by atoms with E-state index in [1.54, 1.807) is 22.7 Å². The summed E-state index contributed by atoms with van der Waals surface area (Å²) in [4.78, 5) is 6.74. The topological polar surface area (TPSA) is 120 Å². The van der Waals surface area contributed by atoms with Crippen molar-refractivity contribution in [2.45, 2.75) is 107 Å². The summed E-state index contributed by atoms with van der Waals surface area (Å²) in [5.74, 6) is 0. The molecule has 0 saturated heterocycles. The van der Waals surface area contributed by atoms with Gasteiger partial charge in [-0.2, -0.15) is 0 Å². The molecule has 0 fully saturated rings. The predicted molar refractivity (Wildman–Crippen MR) is 420 cm³/mol. The lowest BCUT2D eigenvalue weighted by Crippen LogP contribution is -2.26. The first-order valence-corrected chi connectivity index (χ1v) is 36.5. The smallest absolute Gasteiger partial charge is 0.104 e. The molecule has 0 amide bonds. The molecule has 19 heteroatoms. The number of nitrogens with one attached hydrogen (secondary N) is 4. The minimum atomic E-state index is 0. The van der Waals surface area contributed by atoms with Crippen LogP contribution >= 0.6 is 103 Å². The molecule has 16 rings (SSSR count). The number of ether oxygens (including phenoxy) is 5. The molecular weight excluding hydrogens is 1370 g/mol. The number of benzene rings is 6. The van der Waals surface area contributed by atoms with E-state index < -0.39 is 0 Å². The summed E-state index contributed by atoms with van der Waals surface area (Å²) in [7, 11) is 5.90. The molecule has 0 aliphatic carbocycles. The fourth-order valence-corrected chi connectivity index (χ4v) is 20.2. The van der Waals surface area contributed by atoms with Crippen molar-refractivity contribution in [3.05, 3.63) is 194 Å². The van der Waals surface area contributed by atoms with E-state index in [1.165, 1.54) is 98.3 Å². The summed E-state index contributed by atoms with van der Waals surface area (Å²) in [5.41, 5.74) is 15.4. The van der Waals surface area contributed by atoms with Gasteiger partial charge in [0.1, 0.15) is 30.5 Å². The number of halogens is 4. The van der Waals surface area contributed by atoms with Gasteiger partial charge in [0.05, 0.1) is 53.1 Å². The van der Waals surface area contributed by atoms with Crippen LogP contribution in [0.25, 0.3) is 61.6 Å². The van der Waals surface area contributed by atoms with Crippen LogP contribution in [0.2, 0.25) is 20.1 Å². The summed E-state index contributed by atoms with van der Waals surface area (Å²) >= 11 is 34.0. The number of thiophene rings is 5. The van der Waals surface area contributed by atoms with Gasteiger partial charge in [0.15, 0.2) is 0 Å². The van der Waals surface area contributed by atoms with Crippen LogP contribution in [0.3, 0.4) is 0 Å².